The Bertz CT molecular complexity index is 1120. The minimum atomic E-state index is 0.550. The number of benzene rings is 1. The Morgan fingerprint density at radius 2 is 1.69 bits per heavy atom. The van der Waals surface area contributed by atoms with Crippen LogP contribution >= 0.6 is 0 Å². The molecule has 3 saturated heterocycles. The summed E-state index contributed by atoms with van der Waals surface area (Å²) < 4.78 is 1.97. The first-order chi connectivity index (χ1) is 15.7. The molecule has 166 valence electrons. The van der Waals surface area contributed by atoms with E-state index in [1.165, 1.54) is 55.2 Å². The Kier molecular flexibility index (Phi) is 4.61. The van der Waals surface area contributed by atoms with Crippen molar-refractivity contribution in [3.8, 4) is 11.1 Å². The molecule has 0 unspecified atom stereocenters. The zero-order valence-electron chi connectivity index (χ0n) is 18.7. The van der Waals surface area contributed by atoms with Crippen molar-refractivity contribution in [1.82, 2.24) is 19.4 Å². The summed E-state index contributed by atoms with van der Waals surface area (Å²) >= 11 is 0. The molecule has 0 aliphatic carbocycles. The zero-order valence-corrected chi connectivity index (χ0v) is 18.7. The number of aromatic nitrogens is 2. The maximum Gasteiger partial charge on any atom is 0.209 e. The summed E-state index contributed by atoms with van der Waals surface area (Å²) in [4.78, 5) is 20.3. The molecule has 5 heterocycles. The summed E-state index contributed by atoms with van der Waals surface area (Å²) in [5.74, 6) is 0. The van der Waals surface area contributed by atoms with E-state index in [4.69, 9.17) is 0 Å². The Labute approximate surface area is 188 Å². The average Bonchev–Trinajstić information content (AvgIpc) is 3.22. The van der Waals surface area contributed by atoms with Crippen molar-refractivity contribution >= 4 is 23.3 Å². The molecule has 3 aliphatic heterocycles. The van der Waals surface area contributed by atoms with Gasteiger partial charge in [-0.3, -0.25) is 4.79 Å². The summed E-state index contributed by atoms with van der Waals surface area (Å²) in [6.07, 6.45) is 4.92. The predicted molar refractivity (Wildman–Crippen MR) is 127 cm³/mol. The standard InChI is InChI=1S/C25H30N6O/c1-2-27-15-25(16-27)17-30(18-25)22-5-3-20(4-6-22)21-13-24-23(7-8-26-31(24)14-21)29-11-9-28(19-32)10-12-29/h3-8,13-14,19H,2,9-12,15-18H2,1H3. The van der Waals surface area contributed by atoms with Crippen LogP contribution in [-0.4, -0.2) is 84.7 Å². The fourth-order valence-electron chi connectivity index (χ4n) is 5.63. The second-order valence-corrected chi connectivity index (χ2v) is 9.61. The predicted octanol–water partition coefficient (Wildman–Crippen LogP) is 2.42. The normalized spacial score (nSPS) is 20.5. The number of anilines is 2. The SMILES string of the molecule is CCN1CC2(C1)CN(c1ccc(-c3cc4c(N5CCN(C=O)CC5)ccnn4c3)cc1)C2. The molecular weight excluding hydrogens is 400 g/mol. The van der Waals surface area contributed by atoms with Gasteiger partial charge in [0.25, 0.3) is 0 Å². The molecule has 32 heavy (non-hydrogen) atoms. The smallest absolute Gasteiger partial charge is 0.209 e. The van der Waals surface area contributed by atoms with Crippen LogP contribution in [0, 0.1) is 5.41 Å². The highest BCUT2D eigenvalue weighted by Gasteiger charge is 2.50. The van der Waals surface area contributed by atoms with Gasteiger partial charge in [-0.1, -0.05) is 19.1 Å². The Morgan fingerprint density at radius 1 is 0.938 bits per heavy atom. The van der Waals surface area contributed by atoms with Crippen molar-refractivity contribution in [2.24, 2.45) is 5.41 Å². The summed E-state index contributed by atoms with van der Waals surface area (Å²) in [6.45, 7) is 11.5. The average molecular weight is 431 g/mol. The molecule has 0 saturated carbocycles. The van der Waals surface area contributed by atoms with E-state index in [1.807, 2.05) is 15.6 Å². The van der Waals surface area contributed by atoms with Crippen LogP contribution < -0.4 is 9.80 Å². The third kappa shape index (κ3) is 3.23. The first-order valence-corrected chi connectivity index (χ1v) is 11.7. The van der Waals surface area contributed by atoms with Gasteiger partial charge in [-0.2, -0.15) is 5.10 Å². The molecule has 1 aromatic carbocycles. The lowest BCUT2D eigenvalue weighted by atomic mass is 9.72. The van der Waals surface area contributed by atoms with Crippen molar-refractivity contribution in [2.45, 2.75) is 6.92 Å². The summed E-state index contributed by atoms with van der Waals surface area (Å²) in [7, 11) is 0. The van der Waals surface area contributed by atoms with Crippen molar-refractivity contribution in [3.63, 3.8) is 0 Å². The number of likely N-dealkylation sites (tertiary alicyclic amines) is 1. The van der Waals surface area contributed by atoms with E-state index in [2.05, 4.69) is 69.3 Å². The van der Waals surface area contributed by atoms with Crippen LogP contribution in [0.3, 0.4) is 0 Å². The van der Waals surface area contributed by atoms with Gasteiger partial charge in [-0.05, 0) is 36.4 Å². The molecule has 7 heteroatoms. The molecule has 2 aromatic heterocycles. The number of hydrogen-bond donors (Lipinski definition) is 0. The van der Waals surface area contributed by atoms with Crippen LogP contribution in [0.5, 0.6) is 0 Å². The van der Waals surface area contributed by atoms with Crippen molar-refractivity contribution in [2.75, 3.05) is 68.7 Å². The molecule has 0 atom stereocenters. The van der Waals surface area contributed by atoms with E-state index in [-0.39, 0.29) is 0 Å². The summed E-state index contributed by atoms with van der Waals surface area (Å²) in [5.41, 5.74) is 6.56. The van der Waals surface area contributed by atoms with Gasteiger partial charge in [0, 0.05) is 81.4 Å². The van der Waals surface area contributed by atoms with E-state index >= 15 is 0 Å². The molecule has 1 amide bonds. The monoisotopic (exact) mass is 430 g/mol. The summed E-state index contributed by atoms with van der Waals surface area (Å²) in [6, 6.07) is 13.3. The molecule has 0 radical (unpaired) electrons. The minimum Gasteiger partial charge on any atom is -0.370 e. The van der Waals surface area contributed by atoms with Crippen molar-refractivity contribution < 1.29 is 4.79 Å². The van der Waals surface area contributed by atoms with E-state index in [0.29, 0.717) is 5.41 Å². The fraction of sp³-hybridized carbons (Fsp3) is 0.440. The number of rotatable bonds is 5. The lowest BCUT2D eigenvalue weighted by molar-refractivity contribution is -0.118. The molecule has 1 spiro atoms. The second-order valence-electron chi connectivity index (χ2n) is 9.61. The van der Waals surface area contributed by atoms with Crippen molar-refractivity contribution in [3.05, 3.63) is 48.8 Å². The van der Waals surface area contributed by atoms with Crippen LogP contribution in [0.1, 0.15) is 6.92 Å². The third-order valence-electron chi connectivity index (χ3n) is 7.47. The second kappa shape index (κ2) is 7.52. The number of carbonyl (C=O) groups is 1. The molecule has 3 fully saturated rings. The number of piperazine rings is 1. The highest BCUT2D eigenvalue weighted by atomic mass is 16.1. The number of hydrogen-bond acceptors (Lipinski definition) is 5. The van der Waals surface area contributed by atoms with Gasteiger partial charge < -0.3 is 19.6 Å². The van der Waals surface area contributed by atoms with E-state index in [9.17, 15) is 4.79 Å². The first kappa shape index (κ1) is 19.6. The molecule has 3 aromatic rings. The molecular formula is C25H30N6O. The maximum atomic E-state index is 11.0. The van der Waals surface area contributed by atoms with Crippen LogP contribution in [0.25, 0.3) is 16.6 Å². The van der Waals surface area contributed by atoms with Gasteiger partial charge in [0.15, 0.2) is 0 Å². The van der Waals surface area contributed by atoms with E-state index in [0.717, 1.165) is 38.1 Å². The Hall–Kier alpha value is -3.06. The van der Waals surface area contributed by atoms with Crippen LogP contribution in [0.2, 0.25) is 0 Å². The van der Waals surface area contributed by atoms with Gasteiger partial charge in [-0.25, -0.2) is 4.52 Å². The molecule has 7 nitrogen and oxygen atoms in total. The van der Waals surface area contributed by atoms with Crippen LogP contribution in [-0.2, 0) is 4.79 Å². The first-order valence-electron chi connectivity index (χ1n) is 11.7. The van der Waals surface area contributed by atoms with E-state index in [1.54, 1.807) is 0 Å². The highest BCUT2D eigenvalue weighted by Crippen LogP contribution is 2.42. The van der Waals surface area contributed by atoms with Gasteiger partial charge >= 0.3 is 0 Å². The molecule has 0 N–H and O–H groups in total. The zero-order chi connectivity index (χ0) is 21.7. The third-order valence-corrected chi connectivity index (χ3v) is 7.47. The van der Waals surface area contributed by atoms with Gasteiger partial charge in [0.2, 0.25) is 6.41 Å². The van der Waals surface area contributed by atoms with E-state index < -0.39 is 0 Å². The number of nitrogens with zero attached hydrogens (tertiary/aromatic N) is 6. The molecule has 3 aliphatic rings. The summed E-state index contributed by atoms with van der Waals surface area (Å²) in [5, 5.41) is 4.54. The quantitative estimate of drug-likeness (QED) is 0.582. The molecule has 0 bridgehead atoms. The lowest BCUT2D eigenvalue weighted by Gasteiger charge is -2.61. The minimum absolute atomic E-state index is 0.550. The van der Waals surface area contributed by atoms with Gasteiger partial charge in [0.05, 0.1) is 11.2 Å². The Morgan fingerprint density at radius 3 is 2.38 bits per heavy atom. The topological polar surface area (TPSA) is 47.3 Å². The maximum absolute atomic E-state index is 11.0. The van der Waals surface area contributed by atoms with Crippen LogP contribution in [0.15, 0.2) is 48.8 Å². The number of amides is 1. The van der Waals surface area contributed by atoms with Gasteiger partial charge in [0.1, 0.15) is 0 Å². The number of carbonyl (C=O) groups excluding carboxylic acids is 1. The molecule has 6 rings (SSSR count). The fourth-order valence-corrected chi connectivity index (χ4v) is 5.63. The van der Waals surface area contributed by atoms with Crippen molar-refractivity contribution in [1.29, 1.82) is 0 Å². The highest BCUT2D eigenvalue weighted by molar-refractivity contribution is 5.80. The Balaban J connectivity index is 1.18. The lowest BCUT2D eigenvalue weighted by Crippen LogP contribution is -2.72. The van der Waals surface area contributed by atoms with Crippen LogP contribution in [0.4, 0.5) is 11.4 Å². The number of fused-ring (bicyclic) bond motifs is 1. The van der Waals surface area contributed by atoms with Gasteiger partial charge in [-0.15, -0.1) is 0 Å². The largest absolute Gasteiger partial charge is 0.370 e.